The molecule has 134 valence electrons. The maximum Gasteiger partial charge on any atom is 0.387 e. The van der Waals surface area contributed by atoms with Gasteiger partial charge >= 0.3 is 6.61 Å². The molecule has 0 heterocycles. The van der Waals surface area contributed by atoms with Gasteiger partial charge in [-0.25, -0.2) is 13.6 Å². The number of aryl methyl sites for hydroxylation is 1. The molecule has 6 nitrogen and oxygen atoms in total. The van der Waals surface area contributed by atoms with E-state index >= 15 is 0 Å². The molecule has 0 fully saturated rings. The van der Waals surface area contributed by atoms with Crippen molar-refractivity contribution < 1.29 is 26.7 Å². The van der Waals surface area contributed by atoms with E-state index in [1.165, 1.54) is 36.4 Å². The highest BCUT2D eigenvalue weighted by atomic mass is 32.2. The number of rotatable bonds is 5. The molecule has 0 aliphatic rings. The Balaban J connectivity index is 2.27. The number of nitrogens with two attached hydrogens (primary N) is 1. The zero-order chi connectivity index (χ0) is 18.8. The van der Waals surface area contributed by atoms with Gasteiger partial charge in [-0.15, -0.1) is 0 Å². The molecule has 2 aromatic carbocycles. The van der Waals surface area contributed by atoms with E-state index in [4.69, 9.17) is 5.14 Å². The summed E-state index contributed by atoms with van der Waals surface area (Å²) in [5.41, 5.74) is 1.81. The number of halogens is 2. The van der Waals surface area contributed by atoms with Crippen molar-refractivity contribution in [2.75, 3.05) is 5.32 Å². The number of ether oxygens (including phenoxy) is 1. The summed E-state index contributed by atoms with van der Waals surface area (Å²) in [6, 6.07) is 7.79. The van der Waals surface area contributed by atoms with Crippen molar-refractivity contribution in [2.24, 2.45) is 5.14 Å². The Hall–Kier alpha value is -2.52. The summed E-state index contributed by atoms with van der Waals surface area (Å²) >= 11 is 0. The van der Waals surface area contributed by atoms with Crippen LogP contribution in [0.3, 0.4) is 0 Å². The quantitative estimate of drug-likeness (QED) is 0.845. The van der Waals surface area contributed by atoms with E-state index in [-0.39, 0.29) is 16.2 Å². The van der Waals surface area contributed by atoms with Crippen LogP contribution in [-0.2, 0) is 10.0 Å². The third-order valence-electron chi connectivity index (χ3n) is 3.56. The lowest BCUT2D eigenvalue weighted by Gasteiger charge is -2.13. The number of carbonyl (C=O) groups is 1. The van der Waals surface area contributed by atoms with Gasteiger partial charge in [0.25, 0.3) is 5.91 Å². The maximum atomic E-state index is 12.3. The van der Waals surface area contributed by atoms with Crippen LogP contribution < -0.4 is 15.2 Å². The first-order chi connectivity index (χ1) is 11.6. The van der Waals surface area contributed by atoms with Gasteiger partial charge in [-0.3, -0.25) is 4.79 Å². The molecule has 0 unspecified atom stereocenters. The van der Waals surface area contributed by atoms with Crippen LogP contribution in [0.1, 0.15) is 21.5 Å². The van der Waals surface area contributed by atoms with Crippen molar-refractivity contribution in [3.05, 3.63) is 53.1 Å². The van der Waals surface area contributed by atoms with Gasteiger partial charge in [-0.2, -0.15) is 8.78 Å². The van der Waals surface area contributed by atoms with Gasteiger partial charge in [0, 0.05) is 11.3 Å². The predicted octanol–water partition coefficient (Wildman–Crippen LogP) is 2.80. The molecule has 2 rings (SSSR count). The standard InChI is InChI=1S/C16H16F2N2O4S/c1-9-7-13(25(19,22)23)8-14(10(9)2)20-15(21)11-3-5-12(6-4-11)24-16(17)18/h3-8,16H,1-2H3,(H,20,21)(H2,19,22,23). The van der Waals surface area contributed by atoms with Crippen molar-refractivity contribution in [2.45, 2.75) is 25.4 Å². The lowest BCUT2D eigenvalue weighted by Crippen LogP contribution is -2.16. The highest BCUT2D eigenvalue weighted by Gasteiger charge is 2.15. The van der Waals surface area contributed by atoms with E-state index in [9.17, 15) is 22.0 Å². The lowest BCUT2D eigenvalue weighted by molar-refractivity contribution is -0.0498. The van der Waals surface area contributed by atoms with Crippen molar-refractivity contribution in [3.8, 4) is 5.75 Å². The van der Waals surface area contributed by atoms with Gasteiger partial charge in [-0.1, -0.05) is 0 Å². The molecule has 0 aliphatic carbocycles. The molecule has 1 amide bonds. The molecule has 0 aromatic heterocycles. The van der Waals surface area contributed by atoms with Crippen LogP contribution in [0.4, 0.5) is 14.5 Å². The molecule has 25 heavy (non-hydrogen) atoms. The summed E-state index contributed by atoms with van der Waals surface area (Å²) in [6.45, 7) is 0.458. The van der Waals surface area contributed by atoms with Crippen LogP contribution in [0.2, 0.25) is 0 Å². The number of amides is 1. The topological polar surface area (TPSA) is 98.5 Å². The van der Waals surface area contributed by atoms with E-state index in [1.54, 1.807) is 13.8 Å². The van der Waals surface area contributed by atoms with Crippen LogP contribution in [0, 0.1) is 13.8 Å². The second-order valence-corrected chi connectivity index (χ2v) is 6.88. The monoisotopic (exact) mass is 370 g/mol. The number of sulfonamides is 1. The summed E-state index contributed by atoms with van der Waals surface area (Å²) in [6.07, 6.45) is 0. The number of nitrogens with one attached hydrogen (secondary N) is 1. The Bertz CT molecular complexity index is 897. The van der Waals surface area contributed by atoms with E-state index in [2.05, 4.69) is 10.1 Å². The first-order valence-corrected chi connectivity index (χ1v) is 8.63. The molecule has 0 atom stereocenters. The molecule has 3 N–H and O–H groups in total. The second-order valence-electron chi connectivity index (χ2n) is 5.31. The largest absolute Gasteiger partial charge is 0.435 e. The minimum Gasteiger partial charge on any atom is -0.435 e. The highest BCUT2D eigenvalue weighted by Crippen LogP contribution is 2.24. The third-order valence-corrected chi connectivity index (χ3v) is 4.45. The van der Waals surface area contributed by atoms with Crippen LogP contribution >= 0.6 is 0 Å². The summed E-state index contributed by atoms with van der Waals surface area (Å²) in [5.74, 6) is -0.604. The van der Waals surface area contributed by atoms with Crippen LogP contribution in [0.15, 0.2) is 41.3 Å². The van der Waals surface area contributed by atoms with Crippen molar-refractivity contribution >= 4 is 21.6 Å². The molecule has 9 heteroatoms. The molecule has 0 spiro atoms. The lowest BCUT2D eigenvalue weighted by atomic mass is 10.1. The SMILES string of the molecule is Cc1cc(S(N)(=O)=O)cc(NC(=O)c2ccc(OC(F)F)cc2)c1C. The Kier molecular flexibility index (Phi) is 5.39. The molecule has 0 bridgehead atoms. The van der Waals surface area contributed by atoms with Gasteiger partial charge in [0.1, 0.15) is 5.75 Å². The molecule has 0 saturated heterocycles. The van der Waals surface area contributed by atoms with Crippen molar-refractivity contribution in [1.29, 1.82) is 0 Å². The summed E-state index contributed by atoms with van der Waals surface area (Å²) in [7, 11) is -3.92. The van der Waals surface area contributed by atoms with Crippen LogP contribution in [0.5, 0.6) is 5.75 Å². The number of primary sulfonamides is 1. The number of anilines is 1. The van der Waals surface area contributed by atoms with Crippen molar-refractivity contribution in [1.82, 2.24) is 0 Å². The van der Waals surface area contributed by atoms with Crippen LogP contribution in [0.25, 0.3) is 0 Å². The molecule has 2 aromatic rings. The number of hydrogen-bond acceptors (Lipinski definition) is 4. The number of benzene rings is 2. The zero-order valence-electron chi connectivity index (χ0n) is 13.4. The number of hydrogen-bond donors (Lipinski definition) is 2. The Morgan fingerprint density at radius 3 is 2.28 bits per heavy atom. The van der Waals surface area contributed by atoms with Gasteiger partial charge in [0.2, 0.25) is 10.0 Å². The highest BCUT2D eigenvalue weighted by molar-refractivity contribution is 7.89. The van der Waals surface area contributed by atoms with Gasteiger partial charge in [0.15, 0.2) is 0 Å². The van der Waals surface area contributed by atoms with Crippen LogP contribution in [-0.4, -0.2) is 20.9 Å². The summed E-state index contributed by atoms with van der Waals surface area (Å²) in [4.78, 5) is 12.2. The average Bonchev–Trinajstić information content (AvgIpc) is 2.50. The Morgan fingerprint density at radius 1 is 1.16 bits per heavy atom. The zero-order valence-corrected chi connectivity index (χ0v) is 14.2. The third kappa shape index (κ3) is 4.74. The molecule has 0 radical (unpaired) electrons. The Labute approximate surface area is 143 Å². The fourth-order valence-corrected chi connectivity index (χ4v) is 2.73. The normalized spacial score (nSPS) is 11.4. The molecular formula is C16H16F2N2O4S. The molecular weight excluding hydrogens is 354 g/mol. The number of carbonyl (C=O) groups excluding carboxylic acids is 1. The van der Waals surface area contributed by atoms with E-state index in [0.717, 1.165) is 0 Å². The first-order valence-electron chi connectivity index (χ1n) is 7.08. The Morgan fingerprint density at radius 2 is 1.76 bits per heavy atom. The smallest absolute Gasteiger partial charge is 0.387 e. The molecule has 0 saturated carbocycles. The van der Waals surface area contributed by atoms with E-state index < -0.39 is 22.5 Å². The fourth-order valence-electron chi connectivity index (χ4n) is 2.10. The minimum absolute atomic E-state index is 0.0743. The maximum absolute atomic E-state index is 12.3. The number of alkyl halides is 2. The fraction of sp³-hybridized carbons (Fsp3) is 0.188. The average molecular weight is 370 g/mol. The van der Waals surface area contributed by atoms with Gasteiger partial charge in [-0.05, 0) is 61.4 Å². The second kappa shape index (κ2) is 7.16. The predicted molar refractivity (Wildman–Crippen MR) is 88.3 cm³/mol. The summed E-state index contributed by atoms with van der Waals surface area (Å²) < 4.78 is 51.5. The van der Waals surface area contributed by atoms with E-state index in [0.29, 0.717) is 16.8 Å². The minimum atomic E-state index is -3.92. The van der Waals surface area contributed by atoms with Crippen molar-refractivity contribution in [3.63, 3.8) is 0 Å². The molecule has 0 aliphatic heterocycles. The summed E-state index contributed by atoms with van der Waals surface area (Å²) in [5, 5.41) is 7.72. The van der Waals surface area contributed by atoms with E-state index in [1.807, 2.05) is 0 Å². The van der Waals surface area contributed by atoms with Gasteiger partial charge in [0.05, 0.1) is 4.90 Å². The van der Waals surface area contributed by atoms with Gasteiger partial charge < -0.3 is 10.1 Å². The first kappa shape index (κ1) is 18.8.